The number of aliphatic imine (C=N–C) groups is 1. The molecular weight excluding hydrogens is 170 g/mol. The van der Waals surface area contributed by atoms with Crippen molar-refractivity contribution in [3.8, 4) is 0 Å². The Hall–Kier alpha value is -1.10. The Bertz CT molecular complexity index is 188. The molecule has 76 valence electrons. The average molecular weight is 187 g/mol. The Balaban J connectivity index is 3.36. The van der Waals surface area contributed by atoms with Crippen molar-refractivity contribution in [1.29, 1.82) is 0 Å². The highest BCUT2D eigenvalue weighted by Crippen LogP contribution is 1.99. The third kappa shape index (κ3) is 7.27. The van der Waals surface area contributed by atoms with E-state index in [0.29, 0.717) is 18.8 Å². The van der Waals surface area contributed by atoms with Gasteiger partial charge in [-0.1, -0.05) is 0 Å². The van der Waals surface area contributed by atoms with Gasteiger partial charge in [-0.3, -0.25) is 9.79 Å². The molecule has 0 saturated carbocycles. The number of nitrogens with zero attached hydrogens (tertiary/aromatic N) is 1. The number of unbranched alkanes of at least 4 members (excludes halogenated alkanes) is 1. The molecule has 0 aromatic carbocycles. The summed E-state index contributed by atoms with van der Waals surface area (Å²) in [5.74, 6) is -0.388. The quantitative estimate of drug-likeness (QED) is 0.308. The summed E-state index contributed by atoms with van der Waals surface area (Å²) >= 11 is 0. The number of amidine groups is 1. The first-order chi connectivity index (χ1) is 6.04. The summed E-state index contributed by atoms with van der Waals surface area (Å²) in [6.45, 7) is 2.37. The fourth-order valence-corrected chi connectivity index (χ4v) is 0.855. The van der Waals surface area contributed by atoms with Crippen molar-refractivity contribution in [2.45, 2.75) is 32.2 Å². The highest BCUT2D eigenvalue weighted by Gasteiger charge is 2.09. The number of rotatable bonds is 6. The topological polar surface area (TPSA) is 102 Å². The van der Waals surface area contributed by atoms with E-state index < -0.39 is 12.0 Å². The van der Waals surface area contributed by atoms with Crippen LogP contribution in [0.3, 0.4) is 0 Å². The SMILES string of the molecule is CC(N)=NCCCC[C@@H](N)C(=O)O. The normalized spacial score (nSPS) is 14.2. The van der Waals surface area contributed by atoms with Gasteiger partial charge in [-0.2, -0.15) is 0 Å². The number of carboxylic acid groups (broad SMARTS) is 1. The van der Waals surface area contributed by atoms with Gasteiger partial charge in [0.1, 0.15) is 6.04 Å². The summed E-state index contributed by atoms with van der Waals surface area (Å²) in [6, 6.07) is -0.747. The van der Waals surface area contributed by atoms with Crippen molar-refractivity contribution in [1.82, 2.24) is 0 Å². The molecule has 13 heavy (non-hydrogen) atoms. The molecule has 0 unspecified atom stereocenters. The second-order valence-electron chi connectivity index (χ2n) is 2.96. The van der Waals surface area contributed by atoms with Gasteiger partial charge in [-0.05, 0) is 26.2 Å². The molecule has 0 heterocycles. The number of hydrogen-bond donors (Lipinski definition) is 3. The van der Waals surface area contributed by atoms with Crippen molar-refractivity contribution in [3.63, 3.8) is 0 Å². The monoisotopic (exact) mass is 187 g/mol. The van der Waals surface area contributed by atoms with Gasteiger partial charge in [-0.15, -0.1) is 0 Å². The lowest BCUT2D eigenvalue weighted by Crippen LogP contribution is -2.29. The van der Waals surface area contributed by atoms with Crippen LogP contribution in [0.4, 0.5) is 0 Å². The smallest absolute Gasteiger partial charge is 0.320 e. The highest BCUT2D eigenvalue weighted by molar-refractivity contribution is 5.77. The van der Waals surface area contributed by atoms with Crippen molar-refractivity contribution < 1.29 is 9.90 Å². The zero-order valence-electron chi connectivity index (χ0n) is 7.86. The second kappa shape index (κ2) is 6.42. The minimum absolute atomic E-state index is 0.495. The van der Waals surface area contributed by atoms with E-state index in [1.54, 1.807) is 6.92 Å². The van der Waals surface area contributed by atoms with Gasteiger partial charge in [-0.25, -0.2) is 0 Å². The summed E-state index contributed by atoms with van der Waals surface area (Å²) in [6.07, 6.45) is 2.09. The molecule has 5 N–H and O–H groups in total. The van der Waals surface area contributed by atoms with Gasteiger partial charge >= 0.3 is 5.97 Å². The number of carbonyl (C=O) groups is 1. The zero-order valence-corrected chi connectivity index (χ0v) is 7.86. The Morgan fingerprint density at radius 3 is 2.62 bits per heavy atom. The largest absolute Gasteiger partial charge is 0.480 e. The minimum atomic E-state index is -0.946. The van der Waals surface area contributed by atoms with Crippen LogP contribution in [-0.2, 0) is 4.79 Å². The molecule has 0 fully saturated rings. The molecule has 0 bridgehead atoms. The van der Waals surface area contributed by atoms with Gasteiger partial charge in [0.15, 0.2) is 0 Å². The zero-order chi connectivity index (χ0) is 10.3. The van der Waals surface area contributed by atoms with Crippen molar-refractivity contribution in [3.05, 3.63) is 0 Å². The second-order valence-corrected chi connectivity index (χ2v) is 2.96. The molecule has 0 radical (unpaired) electrons. The maximum absolute atomic E-state index is 10.3. The molecule has 0 aromatic heterocycles. The number of aliphatic carboxylic acids is 1. The van der Waals surface area contributed by atoms with Gasteiger partial charge in [0, 0.05) is 6.54 Å². The molecule has 0 aliphatic heterocycles. The molecule has 0 rings (SSSR count). The van der Waals surface area contributed by atoms with Crippen molar-refractivity contribution in [2.75, 3.05) is 6.54 Å². The Kier molecular flexibility index (Phi) is 5.88. The van der Waals surface area contributed by atoms with Crippen LogP contribution in [0.25, 0.3) is 0 Å². The average Bonchev–Trinajstić information content (AvgIpc) is 2.02. The number of carboxylic acids is 1. The maximum atomic E-state index is 10.3. The standard InChI is InChI=1S/C8H17N3O2/c1-6(9)11-5-3-2-4-7(10)8(12)13/h7H,2-5,10H2,1H3,(H2,9,11)(H,12,13)/t7-/m1/s1. The van der Waals surface area contributed by atoms with Crippen LogP contribution in [0.2, 0.25) is 0 Å². The number of hydrogen-bond acceptors (Lipinski definition) is 3. The highest BCUT2D eigenvalue weighted by atomic mass is 16.4. The van der Waals surface area contributed by atoms with Crippen molar-refractivity contribution >= 4 is 11.8 Å². The Labute approximate surface area is 77.8 Å². The van der Waals surface area contributed by atoms with E-state index in [1.165, 1.54) is 0 Å². The van der Waals surface area contributed by atoms with E-state index in [4.69, 9.17) is 16.6 Å². The van der Waals surface area contributed by atoms with Gasteiger partial charge in [0.25, 0.3) is 0 Å². The molecule has 0 amide bonds. The predicted octanol–water partition coefficient (Wildman–Crippen LogP) is -0.0543. The lowest BCUT2D eigenvalue weighted by molar-refractivity contribution is -0.138. The van der Waals surface area contributed by atoms with E-state index in [2.05, 4.69) is 4.99 Å². The van der Waals surface area contributed by atoms with E-state index in [9.17, 15) is 4.79 Å². The van der Waals surface area contributed by atoms with E-state index in [0.717, 1.165) is 12.8 Å². The Morgan fingerprint density at radius 2 is 2.15 bits per heavy atom. The van der Waals surface area contributed by atoms with Crippen LogP contribution in [0.15, 0.2) is 4.99 Å². The minimum Gasteiger partial charge on any atom is -0.480 e. The van der Waals surface area contributed by atoms with Crippen molar-refractivity contribution in [2.24, 2.45) is 16.5 Å². The summed E-state index contributed by atoms with van der Waals surface area (Å²) in [7, 11) is 0. The summed E-state index contributed by atoms with van der Waals surface area (Å²) in [4.78, 5) is 14.3. The molecule has 5 heteroatoms. The first-order valence-corrected chi connectivity index (χ1v) is 4.29. The summed E-state index contributed by atoms with van der Waals surface area (Å²) < 4.78 is 0. The number of nitrogens with two attached hydrogens (primary N) is 2. The third-order valence-corrected chi connectivity index (χ3v) is 1.60. The van der Waals surface area contributed by atoms with Crippen LogP contribution >= 0.6 is 0 Å². The first kappa shape index (κ1) is 11.9. The van der Waals surface area contributed by atoms with Gasteiger partial charge in [0.2, 0.25) is 0 Å². The molecule has 0 aromatic rings. The molecule has 0 aliphatic rings. The van der Waals surface area contributed by atoms with Crippen LogP contribution in [0, 0.1) is 0 Å². The lowest BCUT2D eigenvalue weighted by Gasteiger charge is -2.04. The van der Waals surface area contributed by atoms with E-state index >= 15 is 0 Å². The van der Waals surface area contributed by atoms with Crippen LogP contribution in [0.1, 0.15) is 26.2 Å². The van der Waals surface area contributed by atoms with E-state index in [1.807, 2.05) is 0 Å². The molecule has 1 atom stereocenters. The molecule has 0 aliphatic carbocycles. The predicted molar refractivity (Wildman–Crippen MR) is 51.6 cm³/mol. The summed E-state index contributed by atoms with van der Waals surface area (Å²) in [5, 5.41) is 8.45. The lowest BCUT2D eigenvalue weighted by atomic mass is 10.1. The first-order valence-electron chi connectivity index (χ1n) is 4.29. The van der Waals surface area contributed by atoms with E-state index in [-0.39, 0.29) is 0 Å². The molecule has 0 spiro atoms. The fraction of sp³-hybridized carbons (Fsp3) is 0.750. The van der Waals surface area contributed by atoms with Crippen LogP contribution < -0.4 is 11.5 Å². The Morgan fingerprint density at radius 1 is 1.54 bits per heavy atom. The van der Waals surface area contributed by atoms with Gasteiger partial charge < -0.3 is 16.6 Å². The summed E-state index contributed by atoms with van der Waals surface area (Å²) in [5.41, 5.74) is 10.6. The van der Waals surface area contributed by atoms with Gasteiger partial charge in [0.05, 0.1) is 5.84 Å². The third-order valence-electron chi connectivity index (χ3n) is 1.60. The maximum Gasteiger partial charge on any atom is 0.320 e. The van der Waals surface area contributed by atoms with Crippen LogP contribution in [0.5, 0.6) is 0 Å². The molecule has 5 nitrogen and oxygen atoms in total. The molecule has 0 saturated heterocycles. The van der Waals surface area contributed by atoms with Crippen LogP contribution in [-0.4, -0.2) is 29.5 Å². The molecular formula is C8H17N3O2. The fourth-order valence-electron chi connectivity index (χ4n) is 0.855.